The minimum Gasteiger partial charge on any atom is -0.480 e. The molecule has 0 rings (SSSR count). The SMILES string of the molecule is CCCCCCC/C=C\C/C=C\C/C=C\CCCCCCCCCCC(=O)OC(COCCCCCCCCCCCCCCCCCCCCCCCC)COP(=O)(O)OCC(N)C(=O)O. The molecule has 0 aromatic rings. The molecule has 0 aliphatic heterocycles. The maximum Gasteiger partial charge on any atom is 0.472 e. The van der Waals surface area contributed by atoms with Crippen LogP contribution in [0.3, 0.4) is 0 Å². The van der Waals surface area contributed by atoms with Crippen LogP contribution in [0.4, 0.5) is 0 Å². The van der Waals surface area contributed by atoms with Gasteiger partial charge in [-0.05, 0) is 51.4 Å². The second-order valence-electron chi connectivity index (χ2n) is 19.1. The van der Waals surface area contributed by atoms with Crippen molar-refractivity contribution in [1.29, 1.82) is 0 Å². The molecule has 3 unspecified atom stereocenters. The molecule has 394 valence electrons. The number of ether oxygens (including phenoxy) is 2. The van der Waals surface area contributed by atoms with Gasteiger partial charge in [0.15, 0.2) is 0 Å². The van der Waals surface area contributed by atoms with Gasteiger partial charge in [0.05, 0.1) is 19.8 Å². The number of carboxylic acid groups (broad SMARTS) is 1. The van der Waals surface area contributed by atoms with Gasteiger partial charge in [0.25, 0.3) is 0 Å². The molecule has 0 aliphatic carbocycles. The number of aliphatic carboxylic acids is 1. The van der Waals surface area contributed by atoms with E-state index in [1.807, 2.05) is 0 Å². The van der Waals surface area contributed by atoms with Crippen LogP contribution in [0.5, 0.6) is 0 Å². The Balaban J connectivity index is 4.09. The highest BCUT2D eigenvalue weighted by molar-refractivity contribution is 7.47. The van der Waals surface area contributed by atoms with Crippen molar-refractivity contribution in [3.05, 3.63) is 36.5 Å². The van der Waals surface area contributed by atoms with Gasteiger partial charge in [-0.1, -0.05) is 249 Å². The van der Waals surface area contributed by atoms with Crippen molar-refractivity contribution in [1.82, 2.24) is 0 Å². The van der Waals surface area contributed by atoms with E-state index in [9.17, 15) is 19.0 Å². The van der Waals surface area contributed by atoms with Crippen molar-refractivity contribution >= 4 is 19.8 Å². The summed E-state index contributed by atoms with van der Waals surface area (Å²) < 4.78 is 33.6. The lowest BCUT2D eigenvalue weighted by Gasteiger charge is -2.20. The van der Waals surface area contributed by atoms with E-state index in [1.54, 1.807) is 0 Å². The summed E-state index contributed by atoms with van der Waals surface area (Å²) in [7, 11) is -4.63. The third-order valence-corrected chi connectivity index (χ3v) is 13.4. The first-order valence-electron chi connectivity index (χ1n) is 28.0. The predicted octanol–water partition coefficient (Wildman–Crippen LogP) is 16.8. The molecule has 3 atom stereocenters. The average molecular weight is 968 g/mol. The van der Waals surface area contributed by atoms with Gasteiger partial charge < -0.3 is 25.2 Å². The zero-order valence-corrected chi connectivity index (χ0v) is 44.4. The highest BCUT2D eigenvalue weighted by atomic mass is 31.2. The van der Waals surface area contributed by atoms with Gasteiger partial charge in [0.2, 0.25) is 0 Å². The Morgan fingerprint density at radius 1 is 0.478 bits per heavy atom. The van der Waals surface area contributed by atoms with E-state index in [2.05, 4.69) is 50.3 Å². The van der Waals surface area contributed by atoms with E-state index >= 15 is 0 Å². The Bertz CT molecular complexity index is 1210. The fraction of sp³-hybridized carbons (Fsp3) is 0.857. The molecule has 0 heterocycles. The van der Waals surface area contributed by atoms with Gasteiger partial charge in [0.1, 0.15) is 12.1 Å². The monoisotopic (exact) mass is 968 g/mol. The molecule has 0 bridgehead atoms. The van der Waals surface area contributed by atoms with Crippen LogP contribution in [-0.2, 0) is 32.7 Å². The number of carbonyl (C=O) groups excluding carboxylic acids is 1. The lowest BCUT2D eigenvalue weighted by molar-refractivity contribution is -0.154. The smallest absolute Gasteiger partial charge is 0.472 e. The number of phosphoric acid groups is 1. The Labute approximate surface area is 412 Å². The van der Waals surface area contributed by atoms with E-state index in [4.69, 9.17) is 29.4 Å². The minimum atomic E-state index is -4.63. The predicted molar refractivity (Wildman–Crippen MR) is 281 cm³/mol. The van der Waals surface area contributed by atoms with Gasteiger partial charge in [-0.15, -0.1) is 0 Å². The van der Waals surface area contributed by atoms with Crippen molar-refractivity contribution < 1.29 is 42.7 Å². The van der Waals surface area contributed by atoms with Gasteiger partial charge in [-0.25, -0.2) is 4.57 Å². The zero-order chi connectivity index (χ0) is 49.0. The van der Waals surface area contributed by atoms with Gasteiger partial charge >= 0.3 is 19.8 Å². The van der Waals surface area contributed by atoms with Crippen LogP contribution in [0.15, 0.2) is 36.5 Å². The summed E-state index contributed by atoms with van der Waals surface area (Å²) in [6.07, 6.45) is 62.1. The number of hydrogen-bond donors (Lipinski definition) is 3. The Morgan fingerprint density at radius 3 is 1.22 bits per heavy atom. The van der Waals surface area contributed by atoms with Gasteiger partial charge in [0, 0.05) is 13.0 Å². The zero-order valence-electron chi connectivity index (χ0n) is 43.5. The highest BCUT2D eigenvalue weighted by Crippen LogP contribution is 2.43. The Kier molecular flexibility index (Phi) is 50.6. The summed E-state index contributed by atoms with van der Waals surface area (Å²) in [6, 6.07) is -1.47. The standard InChI is InChI=1S/C56H106NO9P/c1-3-5-7-9-11-13-15-17-19-21-23-25-27-28-30-32-34-36-38-40-42-44-46-48-55(58)66-53(51-64-67(61,62)65-52-54(57)56(59)60)50-63-49-47-45-43-41-39-37-35-33-31-29-26-24-22-20-18-16-14-12-10-8-6-4-2/h15,17,21,23,27-28,53-54H,3-14,16,18-20,22,24-26,29-52,57H2,1-2H3,(H,59,60)(H,61,62)/b17-15-,23-21-,28-27-. The van der Waals surface area contributed by atoms with Crippen molar-refractivity contribution in [3.63, 3.8) is 0 Å². The average Bonchev–Trinajstić information content (AvgIpc) is 3.31. The second-order valence-corrected chi connectivity index (χ2v) is 20.5. The summed E-state index contributed by atoms with van der Waals surface area (Å²) >= 11 is 0. The Hall–Kier alpha value is -1.81. The third-order valence-electron chi connectivity index (χ3n) is 12.4. The molecule has 67 heavy (non-hydrogen) atoms. The first-order chi connectivity index (χ1) is 32.7. The van der Waals surface area contributed by atoms with Crippen LogP contribution >= 0.6 is 7.82 Å². The van der Waals surface area contributed by atoms with Crippen molar-refractivity contribution in [2.24, 2.45) is 5.73 Å². The highest BCUT2D eigenvalue weighted by Gasteiger charge is 2.27. The van der Waals surface area contributed by atoms with E-state index < -0.39 is 45.1 Å². The van der Waals surface area contributed by atoms with Crippen LogP contribution in [0.25, 0.3) is 0 Å². The summed E-state index contributed by atoms with van der Waals surface area (Å²) in [4.78, 5) is 33.8. The fourth-order valence-electron chi connectivity index (χ4n) is 8.08. The molecule has 0 aromatic heterocycles. The number of carboxylic acids is 1. The fourth-order valence-corrected chi connectivity index (χ4v) is 8.86. The van der Waals surface area contributed by atoms with Crippen LogP contribution in [0.2, 0.25) is 0 Å². The Morgan fingerprint density at radius 2 is 0.821 bits per heavy atom. The van der Waals surface area contributed by atoms with Crippen LogP contribution < -0.4 is 5.73 Å². The molecular formula is C56H106NO9P. The minimum absolute atomic E-state index is 0.0175. The van der Waals surface area contributed by atoms with Crippen molar-refractivity contribution in [2.45, 2.75) is 283 Å². The molecule has 0 saturated heterocycles. The van der Waals surface area contributed by atoms with E-state index in [0.717, 1.165) is 57.8 Å². The molecule has 0 radical (unpaired) electrons. The first-order valence-corrected chi connectivity index (χ1v) is 29.5. The molecule has 0 fully saturated rings. The summed E-state index contributed by atoms with van der Waals surface area (Å²) in [5.74, 6) is -1.78. The van der Waals surface area contributed by atoms with Crippen LogP contribution in [-0.4, -0.2) is 60.5 Å². The molecule has 4 N–H and O–H groups in total. The quantitative estimate of drug-likeness (QED) is 0.0232. The number of carbonyl (C=O) groups is 2. The number of nitrogens with two attached hydrogens (primary N) is 1. The topological polar surface area (TPSA) is 155 Å². The molecule has 10 nitrogen and oxygen atoms in total. The third kappa shape index (κ3) is 51.9. The van der Waals surface area contributed by atoms with Crippen molar-refractivity contribution in [2.75, 3.05) is 26.4 Å². The molecule has 11 heteroatoms. The first kappa shape index (κ1) is 65.2. The molecule has 0 amide bonds. The van der Waals surface area contributed by atoms with Gasteiger partial charge in [-0.2, -0.15) is 0 Å². The maximum atomic E-state index is 12.7. The van der Waals surface area contributed by atoms with Crippen molar-refractivity contribution in [3.8, 4) is 0 Å². The molecule has 0 spiro atoms. The molecule has 0 saturated carbocycles. The van der Waals surface area contributed by atoms with E-state index in [-0.39, 0.29) is 13.0 Å². The van der Waals surface area contributed by atoms with E-state index in [0.29, 0.717) is 13.0 Å². The molecule has 0 aliphatic rings. The van der Waals surface area contributed by atoms with Gasteiger partial charge in [-0.3, -0.25) is 18.6 Å². The molecule has 0 aromatic carbocycles. The van der Waals surface area contributed by atoms with E-state index in [1.165, 1.54) is 186 Å². The number of unbranched alkanes of at least 4 members (excludes halogenated alkanes) is 34. The van der Waals surface area contributed by atoms with Crippen LogP contribution in [0, 0.1) is 0 Å². The second kappa shape index (κ2) is 52.0. The summed E-state index contributed by atoms with van der Waals surface area (Å²) in [6.45, 7) is 3.92. The molecular weight excluding hydrogens is 862 g/mol. The number of hydrogen-bond acceptors (Lipinski definition) is 8. The van der Waals surface area contributed by atoms with Crippen LogP contribution in [0.1, 0.15) is 271 Å². The number of esters is 1. The summed E-state index contributed by atoms with van der Waals surface area (Å²) in [5.41, 5.74) is 5.39. The number of rotatable bonds is 54. The number of phosphoric ester groups is 1. The lowest BCUT2D eigenvalue weighted by Crippen LogP contribution is -2.34. The summed E-state index contributed by atoms with van der Waals surface area (Å²) in [5, 5.41) is 8.95. The normalized spacial score (nSPS) is 13.9. The number of allylic oxidation sites excluding steroid dienone is 6. The largest absolute Gasteiger partial charge is 0.480 e. The maximum absolute atomic E-state index is 12.7. The lowest BCUT2D eigenvalue weighted by atomic mass is 10.0.